The fraction of sp³-hybridized carbons (Fsp3) is 0.333. The molecule has 0 fully saturated rings. The zero-order chi connectivity index (χ0) is 12.8. The van der Waals surface area contributed by atoms with Crippen molar-refractivity contribution in [3.05, 3.63) is 42.2 Å². The molecule has 0 radical (unpaired) electrons. The molecule has 0 saturated heterocycles. The van der Waals surface area contributed by atoms with Crippen LogP contribution in [0, 0.1) is 0 Å². The van der Waals surface area contributed by atoms with Crippen molar-refractivity contribution < 1.29 is 18.5 Å². The summed E-state index contributed by atoms with van der Waals surface area (Å²) in [5.74, 6) is 0.000322. The summed E-state index contributed by atoms with van der Waals surface area (Å²) in [7, 11) is 1.59. The maximum absolute atomic E-state index is 12.1. The molecule has 0 atom stereocenters. The quantitative estimate of drug-likeness (QED) is 0.778. The van der Waals surface area contributed by atoms with Crippen molar-refractivity contribution in [2.75, 3.05) is 20.3 Å². The number of hydrogen-bond donors (Lipinski definition) is 0. The lowest BCUT2D eigenvalue weighted by atomic mass is 10.3. The van der Waals surface area contributed by atoms with E-state index in [9.17, 15) is 4.79 Å². The van der Waals surface area contributed by atoms with Gasteiger partial charge in [0.25, 0.3) is 5.91 Å². The first-order chi connectivity index (χ1) is 8.81. The van der Waals surface area contributed by atoms with E-state index >= 15 is 0 Å². The molecular formula is C12H14N2O4. The molecule has 0 aliphatic rings. The van der Waals surface area contributed by atoms with Crippen molar-refractivity contribution in [1.29, 1.82) is 0 Å². The van der Waals surface area contributed by atoms with Crippen molar-refractivity contribution >= 4 is 5.91 Å². The minimum Gasteiger partial charge on any atom is -0.472 e. The molecule has 6 nitrogen and oxygen atoms in total. The molecule has 0 bridgehead atoms. The van der Waals surface area contributed by atoms with Crippen LogP contribution in [0.15, 0.2) is 39.8 Å². The van der Waals surface area contributed by atoms with Gasteiger partial charge in [-0.05, 0) is 6.07 Å². The van der Waals surface area contributed by atoms with Crippen LogP contribution in [0.1, 0.15) is 16.1 Å². The zero-order valence-corrected chi connectivity index (χ0v) is 10.0. The van der Waals surface area contributed by atoms with Gasteiger partial charge in [0.1, 0.15) is 0 Å². The Morgan fingerprint density at radius 2 is 2.39 bits per heavy atom. The molecule has 0 aromatic carbocycles. The van der Waals surface area contributed by atoms with Gasteiger partial charge < -0.3 is 18.6 Å². The van der Waals surface area contributed by atoms with Gasteiger partial charge in [-0.25, -0.2) is 0 Å². The van der Waals surface area contributed by atoms with Gasteiger partial charge >= 0.3 is 0 Å². The highest BCUT2D eigenvalue weighted by Gasteiger charge is 2.19. The van der Waals surface area contributed by atoms with Gasteiger partial charge in [-0.3, -0.25) is 4.79 Å². The maximum Gasteiger partial charge on any atom is 0.292 e. The normalized spacial score (nSPS) is 10.5. The summed E-state index contributed by atoms with van der Waals surface area (Å²) in [5, 5.41) is 3.53. The first kappa shape index (κ1) is 12.4. The van der Waals surface area contributed by atoms with Crippen LogP contribution in [0.5, 0.6) is 0 Å². The average Bonchev–Trinajstić information content (AvgIpc) is 3.06. The van der Waals surface area contributed by atoms with E-state index in [0.717, 1.165) is 5.56 Å². The molecule has 0 unspecified atom stereocenters. The lowest BCUT2D eigenvalue weighted by molar-refractivity contribution is 0.0639. The highest BCUT2D eigenvalue weighted by atomic mass is 16.5. The Morgan fingerprint density at radius 3 is 3.00 bits per heavy atom. The molecule has 2 rings (SSSR count). The van der Waals surface area contributed by atoms with Gasteiger partial charge in [0.2, 0.25) is 5.76 Å². The first-order valence-corrected chi connectivity index (χ1v) is 5.51. The molecule has 0 spiro atoms. The number of hydrogen-bond acceptors (Lipinski definition) is 5. The van der Waals surface area contributed by atoms with Crippen LogP contribution >= 0.6 is 0 Å². The lowest BCUT2D eigenvalue weighted by Crippen LogP contribution is -2.33. The van der Waals surface area contributed by atoms with Crippen LogP contribution < -0.4 is 0 Å². The molecule has 18 heavy (non-hydrogen) atoms. The van der Waals surface area contributed by atoms with Crippen molar-refractivity contribution in [2.24, 2.45) is 0 Å². The molecule has 0 aliphatic heterocycles. The van der Waals surface area contributed by atoms with Crippen LogP contribution in [0.4, 0.5) is 0 Å². The highest BCUT2D eigenvalue weighted by molar-refractivity contribution is 5.91. The lowest BCUT2D eigenvalue weighted by Gasteiger charge is -2.20. The summed E-state index contributed by atoms with van der Waals surface area (Å²) in [6.07, 6.45) is 4.62. The van der Waals surface area contributed by atoms with Crippen LogP contribution in [0.25, 0.3) is 0 Å². The minimum absolute atomic E-state index is 0.217. The summed E-state index contributed by atoms with van der Waals surface area (Å²) in [4.78, 5) is 13.8. The van der Waals surface area contributed by atoms with E-state index in [-0.39, 0.29) is 11.7 Å². The second kappa shape index (κ2) is 6.02. The highest BCUT2D eigenvalue weighted by Crippen LogP contribution is 2.10. The molecule has 2 aromatic rings. The van der Waals surface area contributed by atoms with Crippen LogP contribution in [0.3, 0.4) is 0 Å². The molecular weight excluding hydrogens is 236 g/mol. The number of amides is 1. The van der Waals surface area contributed by atoms with Gasteiger partial charge in [0, 0.05) is 31.8 Å². The van der Waals surface area contributed by atoms with E-state index in [1.807, 2.05) is 6.07 Å². The molecule has 1 amide bonds. The Labute approximate surface area is 104 Å². The van der Waals surface area contributed by atoms with E-state index in [0.29, 0.717) is 19.7 Å². The van der Waals surface area contributed by atoms with Gasteiger partial charge in [-0.2, -0.15) is 0 Å². The fourth-order valence-electron chi connectivity index (χ4n) is 1.54. The Morgan fingerprint density at radius 1 is 1.50 bits per heavy atom. The summed E-state index contributed by atoms with van der Waals surface area (Å²) >= 11 is 0. The molecule has 0 aliphatic carbocycles. The first-order valence-electron chi connectivity index (χ1n) is 5.51. The van der Waals surface area contributed by atoms with E-state index < -0.39 is 0 Å². The van der Waals surface area contributed by atoms with Gasteiger partial charge in [-0.15, -0.1) is 0 Å². The monoisotopic (exact) mass is 250 g/mol. The second-order valence-electron chi connectivity index (χ2n) is 3.73. The average molecular weight is 250 g/mol. The molecule has 0 N–H and O–H groups in total. The summed E-state index contributed by atoms with van der Waals surface area (Å²) in [6.45, 7) is 1.37. The smallest absolute Gasteiger partial charge is 0.292 e. The molecule has 0 saturated carbocycles. The number of ether oxygens (including phenoxy) is 1. The standard InChI is InChI=1S/C12H14N2O4/c1-16-7-5-14(8-10-3-6-17-9-10)12(15)11-2-4-13-18-11/h2-4,6,9H,5,7-8H2,1H3. The Kier molecular flexibility index (Phi) is 4.14. The minimum atomic E-state index is -0.217. The zero-order valence-electron chi connectivity index (χ0n) is 10.0. The van der Waals surface area contributed by atoms with Gasteiger partial charge in [-0.1, -0.05) is 5.16 Å². The fourth-order valence-corrected chi connectivity index (χ4v) is 1.54. The third-order valence-corrected chi connectivity index (χ3v) is 2.45. The summed E-state index contributed by atoms with van der Waals surface area (Å²) in [5.41, 5.74) is 0.916. The van der Waals surface area contributed by atoms with E-state index in [1.165, 1.54) is 12.3 Å². The van der Waals surface area contributed by atoms with Gasteiger partial charge in [0.05, 0.1) is 25.3 Å². The number of carbonyl (C=O) groups excluding carboxylic acids is 1. The number of methoxy groups -OCH3 is 1. The largest absolute Gasteiger partial charge is 0.472 e. The van der Waals surface area contributed by atoms with Crippen molar-refractivity contribution in [1.82, 2.24) is 10.1 Å². The van der Waals surface area contributed by atoms with Crippen LogP contribution in [0.2, 0.25) is 0 Å². The van der Waals surface area contributed by atoms with Gasteiger partial charge in [0.15, 0.2) is 0 Å². The number of aromatic nitrogens is 1. The maximum atomic E-state index is 12.1. The number of rotatable bonds is 6. The number of furan rings is 1. The summed E-state index contributed by atoms with van der Waals surface area (Å²) in [6, 6.07) is 3.35. The predicted octanol–water partition coefficient (Wildman–Crippen LogP) is 1.56. The Hall–Kier alpha value is -2.08. The molecule has 6 heteroatoms. The molecule has 96 valence electrons. The van der Waals surface area contributed by atoms with Crippen LogP contribution in [-0.2, 0) is 11.3 Å². The molecule has 2 heterocycles. The van der Waals surface area contributed by atoms with E-state index in [1.54, 1.807) is 24.5 Å². The predicted molar refractivity (Wildman–Crippen MR) is 61.8 cm³/mol. The van der Waals surface area contributed by atoms with Crippen LogP contribution in [-0.4, -0.2) is 36.2 Å². The Balaban J connectivity index is 2.07. The number of nitrogens with zero attached hydrogens (tertiary/aromatic N) is 2. The van der Waals surface area contributed by atoms with Crippen molar-refractivity contribution in [3.8, 4) is 0 Å². The number of carbonyl (C=O) groups is 1. The SMILES string of the molecule is COCCN(Cc1ccoc1)C(=O)c1ccno1. The topological polar surface area (TPSA) is 68.7 Å². The Bertz CT molecular complexity index is 464. The molecule has 2 aromatic heterocycles. The summed E-state index contributed by atoms with van der Waals surface area (Å²) < 4.78 is 14.9. The van der Waals surface area contributed by atoms with Crippen molar-refractivity contribution in [2.45, 2.75) is 6.54 Å². The van der Waals surface area contributed by atoms with E-state index in [4.69, 9.17) is 13.7 Å². The third kappa shape index (κ3) is 2.98. The van der Waals surface area contributed by atoms with E-state index in [2.05, 4.69) is 5.16 Å². The second-order valence-corrected chi connectivity index (χ2v) is 3.73. The van der Waals surface area contributed by atoms with Crippen molar-refractivity contribution in [3.63, 3.8) is 0 Å². The third-order valence-electron chi connectivity index (χ3n) is 2.45.